The summed E-state index contributed by atoms with van der Waals surface area (Å²) in [6, 6.07) is 14.2. The molecule has 0 radical (unpaired) electrons. The first kappa shape index (κ1) is 16.5. The molecule has 0 bridgehead atoms. The zero-order valence-electron chi connectivity index (χ0n) is 13.9. The van der Waals surface area contributed by atoms with E-state index in [1.165, 1.54) is 34.6 Å². The first-order chi connectivity index (χ1) is 12.6. The maximum atomic E-state index is 12.9. The number of rotatable bonds is 4. The van der Waals surface area contributed by atoms with Crippen molar-refractivity contribution in [3.05, 3.63) is 80.7 Å². The summed E-state index contributed by atoms with van der Waals surface area (Å²) in [4.78, 5) is 24.4. The fraction of sp³-hybridized carbons (Fsp3) is 0.150. The molecule has 0 atom stereocenters. The molecule has 1 aliphatic rings. The molecule has 1 N–H and O–H groups in total. The number of thiophene rings is 1. The van der Waals surface area contributed by atoms with Crippen LogP contribution in [0.2, 0.25) is 0 Å². The van der Waals surface area contributed by atoms with Gasteiger partial charge in [-0.15, -0.1) is 11.3 Å². The van der Waals surface area contributed by atoms with E-state index in [2.05, 4.69) is 5.32 Å². The predicted octanol–water partition coefficient (Wildman–Crippen LogP) is 5.06. The molecule has 1 amide bonds. The van der Waals surface area contributed by atoms with Crippen molar-refractivity contribution in [2.24, 2.45) is 0 Å². The van der Waals surface area contributed by atoms with Crippen molar-refractivity contribution in [2.45, 2.75) is 19.3 Å². The van der Waals surface area contributed by atoms with E-state index in [1.54, 1.807) is 6.07 Å². The van der Waals surface area contributed by atoms with Gasteiger partial charge < -0.3 is 5.32 Å². The molecular formula is C20H16N2O3S. The molecule has 26 heavy (non-hydrogen) atoms. The highest BCUT2D eigenvalue weighted by Gasteiger charge is 2.19. The maximum Gasteiger partial charge on any atom is 0.270 e. The summed E-state index contributed by atoms with van der Waals surface area (Å²) >= 11 is 1.49. The van der Waals surface area contributed by atoms with Crippen LogP contribution in [-0.4, -0.2) is 10.8 Å². The largest absolute Gasteiger partial charge is 0.322 e. The molecule has 4 rings (SSSR count). The molecule has 5 nitrogen and oxygen atoms in total. The normalized spacial score (nSPS) is 12.6. The van der Waals surface area contributed by atoms with E-state index < -0.39 is 4.92 Å². The van der Waals surface area contributed by atoms with Crippen LogP contribution in [0.4, 0.5) is 11.4 Å². The van der Waals surface area contributed by atoms with Gasteiger partial charge in [0, 0.05) is 28.3 Å². The number of non-ortho nitro benzene ring substituents is 1. The summed E-state index contributed by atoms with van der Waals surface area (Å²) in [5, 5.41) is 16.0. The molecule has 0 saturated carbocycles. The fourth-order valence-electron chi connectivity index (χ4n) is 3.33. The lowest BCUT2D eigenvalue weighted by molar-refractivity contribution is -0.384. The molecule has 6 heteroatoms. The van der Waals surface area contributed by atoms with Crippen LogP contribution in [0, 0.1) is 10.1 Å². The minimum atomic E-state index is -0.482. The van der Waals surface area contributed by atoms with Crippen LogP contribution in [0.25, 0.3) is 10.4 Å². The van der Waals surface area contributed by atoms with Crippen molar-refractivity contribution in [2.75, 3.05) is 5.32 Å². The number of nitrogens with zero attached hydrogens (tertiary/aromatic N) is 1. The van der Waals surface area contributed by atoms with Gasteiger partial charge in [-0.25, -0.2) is 0 Å². The summed E-state index contributed by atoms with van der Waals surface area (Å²) in [6.07, 6.45) is 3.24. The van der Waals surface area contributed by atoms with Crippen LogP contribution in [0.1, 0.15) is 27.9 Å². The summed E-state index contributed by atoms with van der Waals surface area (Å²) in [5.41, 5.74) is 4.23. The minimum absolute atomic E-state index is 0.0931. The molecule has 1 aromatic heterocycles. The van der Waals surface area contributed by atoms with Crippen molar-refractivity contribution < 1.29 is 9.72 Å². The Kier molecular flexibility index (Phi) is 4.26. The number of fused-ring (bicyclic) bond motifs is 1. The molecule has 0 aliphatic heterocycles. The zero-order valence-corrected chi connectivity index (χ0v) is 14.7. The molecule has 1 aliphatic carbocycles. The third-order valence-corrected chi connectivity index (χ3v) is 5.50. The third kappa shape index (κ3) is 3.11. The van der Waals surface area contributed by atoms with E-state index in [-0.39, 0.29) is 11.6 Å². The minimum Gasteiger partial charge on any atom is -0.322 e. The quantitative estimate of drug-likeness (QED) is 0.519. The number of carbonyl (C=O) groups excluding carboxylic acids is 1. The van der Waals surface area contributed by atoms with E-state index in [4.69, 9.17) is 0 Å². The van der Waals surface area contributed by atoms with Crippen LogP contribution >= 0.6 is 11.3 Å². The van der Waals surface area contributed by atoms with Crippen LogP contribution < -0.4 is 5.32 Å². The number of carbonyl (C=O) groups is 1. The Balaban J connectivity index is 1.70. The number of benzene rings is 2. The number of nitro benzene ring substituents is 1. The van der Waals surface area contributed by atoms with E-state index in [0.29, 0.717) is 11.1 Å². The second-order valence-electron chi connectivity index (χ2n) is 6.26. The van der Waals surface area contributed by atoms with Gasteiger partial charge >= 0.3 is 0 Å². The Morgan fingerprint density at radius 2 is 1.92 bits per heavy atom. The van der Waals surface area contributed by atoms with Gasteiger partial charge in [-0.1, -0.05) is 12.1 Å². The molecule has 0 spiro atoms. The fourth-order valence-corrected chi connectivity index (χ4v) is 4.09. The van der Waals surface area contributed by atoms with Crippen molar-refractivity contribution in [3.8, 4) is 10.4 Å². The second-order valence-corrected chi connectivity index (χ2v) is 7.20. The van der Waals surface area contributed by atoms with Gasteiger partial charge in [0.1, 0.15) is 0 Å². The van der Waals surface area contributed by atoms with E-state index in [9.17, 15) is 14.9 Å². The summed E-state index contributed by atoms with van der Waals surface area (Å²) in [6.45, 7) is 0. The number of hydrogen-bond acceptors (Lipinski definition) is 4. The van der Waals surface area contributed by atoms with Gasteiger partial charge in [0.25, 0.3) is 11.6 Å². The average Bonchev–Trinajstić information content (AvgIpc) is 3.32. The number of nitro groups is 1. The molecule has 0 unspecified atom stereocenters. The van der Waals surface area contributed by atoms with Gasteiger partial charge in [0.15, 0.2) is 0 Å². The monoisotopic (exact) mass is 364 g/mol. The molecule has 130 valence electrons. The smallest absolute Gasteiger partial charge is 0.270 e. The number of nitrogens with one attached hydrogen (secondary N) is 1. The Bertz CT molecular complexity index is 996. The number of aryl methyl sites for hydroxylation is 2. The van der Waals surface area contributed by atoms with Gasteiger partial charge in [-0.3, -0.25) is 14.9 Å². The first-order valence-corrected chi connectivity index (χ1v) is 9.25. The molecule has 2 aromatic carbocycles. The zero-order chi connectivity index (χ0) is 18.1. The highest BCUT2D eigenvalue weighted by Crippen LogP contribution is 2.32. The van der Waals surface area contributed by atoms with Crippen LogP contribution in [-0.2, 0) is 12.8 Å². The first-order valence-electron chi connectivity index (χ1n) is 8.37. The average molecular weight is 364 g/mol. The number of anilines is 1. The summed E-state index contributed by atoms with van der Waals surface area (Å²) in [5.74, 6) is -0.338. The van der Waals surface area contributed by atoms with E-state index in [0.717, 1.165) is 29.8 Å². The van der Waals surface area contributed by atoms with Crippen molar-refractivity contribution >= 4 is 28.6 Å². The summed E-state index contributed by atoms with van der Waals surface area (Å²) < 4.78 is 0. The molecular weight excluding hydrogens is 348 g/mol. The predicted molar refractivity (Wildman–Crippen MR) is 103 cm³/mol. The van der Waals surface area contributed by atoms with Crippen molar-refractivity contribution in [1.82, 2.24) is 0 Å². The topological polar surface area (TPSA) is 72.2 Å². The van der Waals surface area contributed by atoms with Gasteiger partial charge in [0.05, 0.1) is 10.5 Å². The summed E-state index contributed by atoms with van der Waals surface area (Å²) in [7, 11) is 0. The number of amides is 1. The lowest BCUT2D eigenvalue weighted by Gasteiger charge is -2.10. The Morgan fingerprint density at radius 1 is 1.08 bits per heavy atom. The van der Waals surface area contributed by atoms with Crippen molar-refractivity contribution in [3.63, 3.8) is 0 Å². The molecule has 3 aromatic rings. The van der Waals surface area contributed by atoms with E-state index in [1.807, 2.05) is 35.7 Å². The number of hydrogen-bond donors (Lipinski definition) is 1. The highest BCUT2D eigenvalue weighted by atomic mass is 32.1. The standard InChI is InChI=1S/C20H16N2O3S/c23-20(21-15-7-6-13-3-1-4-14(13)11-15)18-12-16(22(24)25)8-9-17(18)19-5-2-10-26-19/h2,5-12H,1,3-4H2,(H,21,23). The third-order valence-electron chi connectivity index (χ3n) is 4.60. The molecule has 1 heterocycles. The Labute approximate surface area is 154 Å². The lowest BCUT2D eigenvalue weighted by Crippen LogP contribution is -2.13. The van der Waals surface area contributed by atoms with Gasteiger partial charge in [-0.05, 0) is 60.0 Å². The van der Waals surface area contributed by atoms with Crippen LogP contribution in [0.5, 0.6) is 0 Å². The van der Waals surface area contributed by atoms with Crippen molar-refractivity contribution in [1.29, 1.82) is 0 Å². The van der Waals surface area contributed by atoms with Crippen LogP contribution in [0.3, 0.4) is 0 Å². The second kappa shape index (κ2) is 6.72. The molecule has 0 saturated heterocycles. The van der Waals surface area contributed by atoms with E-state index >= 15 is 0 Å². The molecule has 0 fully saturated rings. The lowest BCUT2D eigenvalue weighted by atomic mass is 10.0. The SMILES string of the molecule is O=C(Nc1ccc2c(c1)CCC2)c1cc([N+](=O)[O-])ccc1-c1cccs1. The Hall–Kier alpha value is -2.99. The highest BCUT2D eigenvalue weighted by molar-refractivity contribution is 7.13. The van der Waals surface area contributed by atoms with Crippen LogP contribution in [0.15, 0.2) is 53.9 Å². The van der Waals surface area contributed by atoms with Gasteiger partial charge in [0.2, 0.25) is 0 Å². The maximum absolute atomic E-state index is 12.9. The Morgan fingerprint density at radius 3 is 2.69 bits per heavy atom. The van der Waals surface area contributed by atoms with Gasteiger partial charge in [-0.2, -0.15) is 0 Å².